The SMILES string of the molecule is C=C1/C=C/[C@H](O[Si](C)(C)C(C)(C)C)[C@@H]2O[C@@H](CCC=CC(=O)[C@H](S(=O)(=O)c3ccccc3)C3C(C)[C@@H](C[C@@H](CC)OC(=O)c4ccccc4)O[C@H]3C[C@H]3OC(CC[C@@H]4OC(CC1)CC4=C)CC(C)=C3COC(=O)CC)[C@H](C)[C@H](O[Si](C)(C)C(C)(C)C)[C@@H]2O[Si](C)(C)C(C)(C)C. The van der Waals surface area contributed by atoms with E-state index in [-0.39, 0.29) is 76.1 Å². The van der Waals surface area contributed by atoms with E-state index in [2.05, 4.69) is 134 Å². The standard InChI is InChI=1S/C77H120O14SSi3/c1-23-56(86-74(80)55-33-27-25-28-34-55)47-65-53(6)69-67(87-65)48-66-60(49-83-68(79)24-2)51(4)45-58(85-66)42-44-62-52(5)46-57(84-62)41-39-50(3)40-43-64(89-93(17,18)75(8,9)10)71-72(91-95(21,22)77(14,15)16)70(90-94(19,20)76(11,12)13)54(7)63(88-71)38-32-31-37-61(78)73(69)92(81,82)59-35-29-26-30-36-59/h25-31,33-37,40,43,53-54,56-58,62-67,69-73H,3,5,23-24,32,38-39,41-42,44-49H2,1-2,4,6-22H3/b37-31?,43-40+/t53?,54-,56+,57?,58?,62-,63-,64-,65+,66+,67-,69?,70-,71-,72-,73-/m0/s1. The highest BCUT2D eigenvalue weighted by Gasteiger charge is 2.57. The van der Waals surface area contributed by atoms with E-state index in [1.807, 2.05) is 32.9 Å². The largest absolute Gasteiger partial charge is 0.461 e. The molecule has 2 aromatic carbocycles. The Bertz CT molecular complexity index is 3150. The van der Waals surface area contributed by atoms with Crippen molar-refractivity contribution in [3.8, 4) is 0 Å². The van der Waals surface area contributed by atoms with Crippen LogP contribution >= 0.6 is 0 Å². The van der Waals surface area contributed by atoms with Crippen molar-refractivity contribution in [2.45, 2.75) is 312 Å². The summed E-state index contributed by atoms with van der Waals surface area (Å²) in [4.78, 5) is 42.5. The first-order valence-electron chi connectivity index (χ1n) is 35.5. The Hall–Kier alpha value is -3.93. The molecule has 4 unspecified atom stereocenters. The number of rotatable bonds is 16. The monoisotopic (exact) mass is 1380 g/mol. The van der Waals surface area contributed by atoms with Crippen LogP contribution in [0.4, 0.5) is 0 Å². The van der Waals surface area contributed by atoms with Crippen LogP contribution < -0.4 is 0 Å². The minimum atomic E-state index is -4.46. The van der Waals surface area contributed by atoms with Gasteiger partial charge in [-0.15, -0.1) is 0 Å². The average Bonchev–Trinajstić information content (AvgIpc) is 1.74. The first-order valence-corrected chi connectivity index (χ1v) is 45.8. The number of carbonyl (C=O) groups is 3. The van der Waals surface area contributed by atoms with Crippen molar-refractivity contribution in [3.05, 3.63) is 126 Å². The van der Waals surface area contributed by atoms with Gasteiger partial charge < -0.3 is 41.7 Å². The van der Waals surface area contributed by atoms with E-state index in [1.165, 1.54) is 6.08 Å². The second-order valence-corrected chi connectivity index (χ2v) is 49.0. The minimum absolute atomic E-state index is 0.0143. The lowest BCUT2D eigenvalue weighted by molar-refractivity contribution is -0.206. The van der Waals surface area contributed by atoms with Crippen LogP contribution in [-0.4, -0.2) is 136 Å². The first kappa shape index (κ1) is 78.4. The van der Waals surface area contributed by atoms with E-state index < -0.39 is 119 Å². The Morgan fingerprint density at radius 3 is 1.86 bits per heavy atom. The molecule has 3 saturated heterocycles. The molecule has 0 aliphatic carbocycles. The summed E-state index contributed by atoms with van der Waals surface area (Å²) in [7, 11) is -12.1. The van der Waals surface area contributed by atoms with E-state index in [1.54, 1.807) is 61.5 Å². The number of esters is 2. The molecule has 16 atom stereocenters. The Labute approximate surface area is 575 Å². The fourth-order valence-electron chi connectivity index (χ4n) is 13.4. The normalized spacial score (nSPS) is 30.8. The number of fused-ring (bicyclic) bond motifs is 7. The Morgan fingerprint density at radius 2 is 1.26 bits per heavy atom. The summed E-state index contributed by atoms with van der Waals surface area (Å²) in [6.07, 6.45) is 7.66. The lowest BCUT2D eigenvalue weighted by Crippen LogP contribution is -2.65. The summed E-state index contributed by atoms with van der Waals surface area (Å²) in [6.45, 7) is 53.2. The lowest BCUT2D eigenvalue weighted by Gasteiger charge is -2.54. The van der Waals surface area contributed by atoms with Gasteiger partial charge in [0.25, 0.3) is 0 Å². The number of hydrogen-bond acceptors (Lipinski definition) is 14. The molecule has 530 valence electrons. The van der Waals surface area contributed by atoms with Crippen molar-refractivity contribution in [3.63, 3.8) is 0 Å². The molecule has 7 rings (SSSR count). The molecule has 0 aromatic heterocycles. The molecule has 0 amide bonds. The summed E-state index contributed by atoms with van der Waals surface area (Å²) < 4.78 is 95.7. The second-order valence-electron chi connectivity index (χ2n) is 32.6. The maximum absolute atomic E-state index is 15.8. The summed E-state index contributed by atoms with van der Waals surface area (Å²) in [5, 5.41) is -2.06. The molecule has 5 aliphatic rings. The highest BCUT2D eigenvalue weighted by molar-refractivity contribution is 7.92. The quantitative estimate of drug-likeness (QED) is 0.0884. The Balaban J connectivity index is 1.38. The molecule has 0 N–H and O–H groups in total. The predicted molar refractivity (Wildman–Crippen MR) is 388 cm³/mol. The molecule has 2 aromatic rings. The van der Waals surface area contributed by atoms with Gasteiger partial charge in [0.1, 0.15) is 24.1 Å². The van der Waals surface area contributed by atoms with E-state index in [4.69, 9.17) is 41.7 Å². The molecule has 0 radical (unpaired) electrons. The number of sulfone groups is 1. The van der Waals surface area contributed by atoms with Gasteiger partial charge in [-0.25, -0.2) is 13.2 Å². The maximum Gasteiger partial charge on any atom is 0.338 e. The fraction of sp³-hybridized carbons (Fsp3) is 0.675. The van der Waals surface area contributed by atoms with E-state index in [9.17, 15) is 9.59 Å². The van der Waals surface area contributed by atoms with E-state index >= 15 is 13.2 Å². The van der Waals surface area contributed by atoms with Crippen molar-refractivity contribution in [2.24, 2.45) is 17.8 Å². The van der Waals surface area contributed by atoms with Crippen molar-refractivity contribution in [1.82, 2.24) is 0 Å². The van der Waals surface area contributed by atoms with Gasteiger partial charge >= 0.3 is 11.9 Å². The van der Waals surface area contributed by atoms with Gasteiger partial charge in [0.2, 0.25) is 0 Å². The van der Waals surface area contributed by atoms with Crippen molar-refractivity contribution >= 4 is 52.5 Å². The van der Waals surface area contributed by atoms with Crippen LogP contribution in [0, 0.1) is 17.8 Å². The third-order valence-electron chi connectivity index (χ3n) is 22.6. The average molecular weight is 1390 g/mol. The number of ether oxygens (including phenoxy) is 6. The lowest BCUT2D eigenvalue weighted by atomic mass is 9.80. The highest BCUT2D eigenvalue weighted by Crippen LogP contribution is 2.49. The number of carbonyl (C=O) groups excluding carboxylic acids is 3. The number of benzene rings is 2. The van der Waals surface area contributed by atoms with Gasteiger partial charge in [0.05, 0.1) is 71.5 Å². The minimum Gasteiger partial charge on any atom is -0.461 e. The summed E-state index contributed by atoms with van der Waals surface area (Å²) in [6, 6.07) is 17.0. The zero-order valence-electron chi connectivity index (χ0n) is 61.6. The van der Waals surface area contributed by atoms with Gasteiger partial charge in [0.15, 0.2) is 40.6 Å². The van der Waals surface area contributed by atoms with Crippen molar-refractivity contribution < 1.29 is 64.5 Å². The second kappa shape index (κ2) is 32.2. The van der Waals surface area contributed by atoms with Gasteiger partial charge in [-0.2, -0.15) is 0 Å². The molecule has 14 nitrogen and oxygen atoms in total. The molecular weight excluding hydrogens is 1270 g/mol. The molecule has 0 spiro atoms. The molecule has 5 aliphatic heterocycles. The van der Waals surface area contributed by atoms with Crippen LogP contribution in [-0.2, 0) is 61.1 Å². The van der Waals surface area contributed by atoms with Crippen LogP contribution in [0.5, 0.6) is 0 Å². The third kappa shape index (κ3) is 19.5. The summed E-state index contributed by atoms with van der Waals surface area (Å²) in [5.41, 5.74) is 4.20. The van der Waals surface area contributed by atoms with E-state index in [0.29, 0.717) is 50.5 Å². The van der Waals surface area contributed by atoms with Crippen LogP contribution in [0.3, 0.4) is 0 Å². The molecule has 3 fully saturated rings. The molecule has 5 heterocycles. The van der Waals surface area contributed by atoms with Crippen LogP contribution in [0.2, 0.25) is 54.4 Å². The smallest absolute Gasteiger partial charge is 0.338 e. The number of ketones is 1. The van der Waals surface area contributed by atoms with Crippen LogP contribution in [0.25, 0.3) is 0 Å². The molecular formula is C77H120O14SSi3. The molecule has 6 bridgehead atoms. The van der Waals surface area contributed by atoms with Gasteiger partial charge in [-0.05, 0) is 167 Å². The topological polar surface area (TPSA) is 168 Å². The van der Waals surface area contributed by atoms with E-state index in [0.717, 1.165) is 35.1 Å². The fourth-order valence-corrected chi connectivity index (χ4v) is 19.4. The van der Waals surface area contributed by atoms with Crippen LogP contribution in [0.15, 0.2) is 125 Å². The van der Waals surface area contributed by atoms with Crippen molar-refractivity contribution in [1.29, 1.82) is 0 Å². The predicted octanol–water partition coefficient (Wildman–Crippen LogP) is 17.6. The van der Waals surface area contributed by atoms with Gasteiger partial charge in [-0.1, -0.05) is 169 Å². The summed E-state index contributed by atoms with van der Waals surface area (Å²) >= 11 is 0. The zero-order chi connectivity index (χ0) is 70.4. The maximum atomic E-state index is 15.8. The van der Waals surface area contributed by atoms with Crippen LogP contribution in [0.1, 0.15) is 184 Å². The molecule has 95 heavy (non-hydrogen) atoms. The Kier molecular flexibility index (Phi) is 26.5. The summed E-state index contributed by atoms with van der Waals surface area (Å²) in [5.74, 6) is -3.06. The highest BCUT2D eigenvalue weighted by atomic mass is 32.2. The van der Waals surface area contributed by atoms with Gasteiger partial charge in [0, 0.05) is 31.1 Å². The number of hydrogen-bond donors (Lipinski definition) is 0. The third-order valence-corrected chi connectivity index (χ3v) is 38.1. The Morgan fingerprint density at radius 1 is 0.684 bits per heavy atom. The van der Waals surface area contributed by atoms with Gasteiger partial charge in [-0.3, -0.25) is 9.59 Å². The molecule has 18 heteroatoms. The number of allylic oxidation sites excluding steroid dienone is 4. The molecule has 0 saturated carbocycles. The zero-order valence-corrected chi connectivity index (χ0v) is 65.4. The van der Waals surface area contributed by atoms with Crippen molar-refractivity contribution in [2.75, 3.05) is 6.61 Å². The first-order chi connectivity index (χ1) is 44.2.